The second kappa shape index (κ2) is 13.8. The van der Waals surface area contributed by atoms with Crippen LogP contribution in [0.3, 0.4) is 0 Å². The molecule has 13 heavy (non-hydrogen) atoms. The molecular weight excluding hydrogens is 396 g/mol. The van der Waals surface area contributed by atoms with Crippen LogP contribution < -0.4 is 120 Å². The molecule has 0 saturated heterocycles. The van der Waals surface area contributed by atoms with E-state index < -0.39 is 30.6 Å². The Balaban J connectivity index is -0.0000000600. The van der Waals surface area contributed by atoms with E-state index in [2.05, 4.69) is 0 Å². The number of rotatable bonds is 1. The molecule has 0 rings (SSSR count). The van der Waals surface area contributed by atoms with Gasteiger partial charge in [0, 0.05) is 0 Å². The van der Waals surface area contributed by atoms with Crippen molar-refractivity contribution in [3.63, 3.8) is 0 Å². The second-order valence-electron chi connectivity index (χ2n) is 0.849. The maximum absolute atomic E-state index is 9.34. The molecule has 0 aliphatic heterocycles. The maximum atomic E-state index is 9.34. The minimum atomic E-state index is -4.71. The molecule has 0 aromatic rings. The zero-order valence-corrected chi connectivity index (χ0v) is 18.4. The fraction of sp³-hybridized carbons (Fsp3) is 0. The van der Waals surface area contributed by atoms with Gasteiger partial charge in [0.15, 0.2) is 0 Å². The fourth-order valence-corrected chi connectivity index (χ4v) is 0. The molecule has 0 aromatic heterocycles. The van der Waals surface area contributed by atoms with E-state index in [0.29, 0.717) is 0 Å². The third-order valence-corrected chi connectivity index (χ3v) is 1.62. The maximum Gasteiger partial charge on any atom is 1.00 e. The van der Waals surface area contributed by atoms with Gasteiger partial charge in [0.05, 0.1) is 0 Å². The van der Waals surface area contributed by atoms with E-state index in [0.717, 1.165) is 0 Å². The van der Waals surface area contributed by atoms with Crippen molar-refractivity contribution in [2.75, 3.05) is 0 Å². The van der Waals surface area contributed by atoms with Crippen LogP contribution in [0.1, 0.15) is 0 Å². The monoisotopic (exact) mass is 398 g/mol. The average molecular weight is 398 g/mol. The summed E-state index contributed by atoms with van der Waals surface area (Å²) >= 11 is -3.11. The van der Waals surface area contributed by atoms with Crippen molar-refractivity contribution in [1.82, 2.24) is 0 Å². The Bertz CT molecular complexity index is 238. The summed E-state index contributed by atoms with van der Waals surface area (Å²) in [4.78, 5) is 0. The summed E-state index contributed by atoms with van der Waals surface area (Å²) < 4.78 is 68.3. The summed E-state index contributed by atoms with van der Waals surface area (Å²) in [6.07, 6.45) is 0. The van der Waals surface area contributed by atoms with Crippen molar-refractivity contribution < 1.29 is 155 Å². The molecule has 2 N–H and O–H groups in total. The Kier molecular flexibility index (Phi) is 27.2. The average Bonchev–Trinajstić information content (AvgIpc) is 1.59. The van der Waals surface area contributed by atoms with Gasteiger partial charge in [-0.1, -0.05) is 0 Å². The topological polar surface area (TPSA) is 155 Å². The third-order valence-electron chi connectivity index (χ3n) is 0.180. The van der Waals surface area contributed by atoms with Crippen molar-refractivity contribution in [3.8, 4) is 0 Å². The molecule has 13 heteroatoms. The molecule has 0 heterocycles. The number of hydrogen-bond acceptors (Lipinski definition) is 6. The van der Waals surface area contributed by atoms with E-state index in [-0.39, 0.29) is 120 Å². The van der Waals surface area contributed by atoms with Gasteiger partial charge in [0.25, 0.3) is 0 Å². The first-order chi connectivity index (χ1) is 4.68. The van der Waals surface area contributed by atoms with Gasteiger partial charge in [-0.25, -0.2) is 4.21 Å². The summed E-state index contributed by atoms with van der Waals surface area (Å²) in [5.74, 6) is 0. The van der Waals surface area contributed by atoms with Crippen LogP contribution in [0.2, 0.25) is 0 Å². The Labute approximate surface area is 180 Å². The molecule has 0 bridgehead atoms. The summed E-state index contributed by atoms with van der Waals surface area (Å²) in [5.41, 5.74) is 0. The van der Waals surface area contributed by atoms with Crippen molar-refractivity contribution >= 4 is 30.6 Å². The van der Waals surface area contributed by atoms with Crippen molar-refractivity contribution in [1.29, 1.82) is 0 Å². The van der Waals surface area contributed by atoms with Crippen LogP contribution in [-0.4, -0.2) is 35.0 Å². The molecule has 0 saturated carbocycles. The van der Waals surface area contributed by atoms with Gasteiger partial charge in [-0.05, 0) is 0 Å². The van der Waals surface area contributed by atoms with Gasteiger partial charge in [-0.3, -0.25) is 13.3 Å². The predicted molar refractivity (Wildman–Crippen MR) is 32.0 cm³/mol. The zero-order valence-electron chi connectivity index (χ0n) is 6.57. The van der Waals surface area contributed by atoms with Gasteiger partial charge in [0.2, 0.25) is 0 Å². The largest absolute Gasteiger partial charge is 1.00 e. The Morgan fingerprint density at radius 1 is 1.15 bits per heavy atom. The minimum Gasteiger partial charge on any atom is -0.784 e. The van der Waals surface area contributed by atoms with Crippen molar-refractivity contribution in [3.05, 3.63) is 0 Å². The van der Waals surface area contributed by atoms with Crippen LogP contribution in [-0.2, 0) is 30.6 Å². The molecule has 0 spiro atoms. The Morgan fingerprint density at radius 3 is 1.23 bits per heavy atom. The smallest absolute Gasteiger partial charge is 0.784 e. The van der Waals surface area contributed by atoms with Crippen molar-refractivity contribution in [2.45, 2.75) is 0 Å². The first-order valence-electron chi connectivity index (χ1n) is 1.53. The van der Waals surface area contributed by atoms with Crippen LogP contribution in [0.25, 0.3) is 0 Å². The van der Waals surface area contributed by atoms with E-state index in [1.54, 1.807) is 0 Å². The van der Waals surface area contributed by atoms with Crippen LogP contribution in [0, 0.1) is 0 Å². The molecule has 1 unspecified atom stereocenters. The molecule has 0 aliphatic rings. The van der Waals surface area contributed by atoms with Gasteiger partial charge < -0.3 is 9.11 Å². The first kappa shape index (κ1) is 25.6. The standard InChI is InChI=1S/Cs.K.H2O5S2.H2O3S/c;;1-6(2)7(3,4)5;1-4(2)3/h;;(H,1,2)(H,3,4,5);(H2,1,2,3)/q2*+1;;/p-2. The molecule has 0 amide bonds. The van der Waals surface area contributed by atoms with Crippen LogP contribution in [0.5, 0.6) is 0 Å². The molecule has 1 atom stereocenters. The quantitative estimate of drug-likeness (QED) is 0.191. The van der Waals surface area contributed by atoms with Crippen LogP contribution in [0.4, 0.5) is 0 Å². The van der Waals surface area contributed by atoms with Crippen LogP contribution in [0.15, 0.2) is 0 Å². The molecule has 8 nitrogen and oxygen atoms in total. The first-order valence-corrected chi connectivity index (χ1v) is 5.60. The summed E-state index contributed by atoms with van der Waals surface area (Å²) in [6, 6.07) is 0. The molecule has 0 aliphatic carbocycles. The minimum absolute atomic E-state index is 0. The predicted octanol–water partition coefficient (Wildman–Crippen LogP) is -7.99. The summed E-state index contributed by atoms with van der Waals surface area (Å²) in [6.45, 7) is 0. The molecule has 0 fully saturated rings. The third kappa shape index (κ3) is 31.3. The molecule has 0 radical (unpaired) electrons. The van der Waals surface area contributed by atoms with E-state index in [9.17, 15) is 12.6 Å². The van der Waals surface area contributed by atoms with E-state index in [4.69, 9.17) is 22.4 Å². The normalized spacial score (nSPS) is 11.5. The van der Waals surface area contributed by atoms with E-state index >= 15 is 0 Å². The SMILES string of the molecule is O=S(O)S(=O)(=O)O.O=S([O-])[O-].[Cs+].[K+]. The summed E-state index contributed by atoms with van der Waals surface area (Å²) in [5, 5.41) is 0. The van der Waals surface area contributed by atoms with E-state index in [1.165, 1.54) is 0 Å². The van der Waals surface area contributed by atoms with Gasteiger partial charge >= 0.3 is 140 Å². The van der Waals surface area contributed by atoms with Gasteiger partial charge in [0.1, 0.15) is 0 Å². The fourth-order valence-electron chi connectivity index (χ4n) is 0. The van der Waals surface area contributed by atoms with Gasteiger partial charge in [-0.2, -0.15) is 8.42 Å². The Morgan fingerprint density at radius 2 is 1.23 bits per heavy atom. The van der Waals surface area contributed by atoms with E-state index in [1.807, 2.05) is 0 Å². The summed E-state index contributed by atoms with van der Waals surface area (Å²) in [7, 11) is -7.87. The van der Waals surface area contributed by atoms with Crippen molar-refractivity contribution in [2.24, 2.45) is 0 Å². The Hall–Kier alpha value is 3.78. The molecular formula is H2CsKO8S3. The zero-order chi connectivity index (χ0) is 9.65. The molecule has 0 aromatic carbocycles. The molecule has 70 valence electrons. The van der Waals surface area contributed by atoms with Gasteiger partial charge in [-0.15, -0.1) is 11.4 Å². The van der Waals surface area contributed by atoms with Crippen LogP contribution >= 0.6 is 0 Å². The number of hydrogen-bond donors (Lipinski definition) is 2. The second-order valence-corrected chi connectivity index (χ2v) is 4.67.